The van der Waals surface area contributed by atoms with Crippen LogP contribution in [0.25, 0.3) is 17.0 Å². The topological polar surface area (TPSA) is 96.2 Å². The highest BCUT2D eigenvalue weighted by atomic mass is 19.3. The Hall–Kier alpha value is -3.83. The molecule has 0 aliphatic carbocycles. The maximum Gasteiger partial charge on any atom is 0.257 e. The second-order valence-electron chi connectivity index (χ2n) is 12.6. The van der Waals surface area contributed by atoms with Gasteiger partial charge in [0, 0.05) is 29.7 Å². The van der Waals surface area contributed by atoms with Gasteiger partial charge in [0.2, 0.25) is 5.88 Å². The van der Waals surface area contributed by atoms with Crippen LogP contribution in [0, 0.1) is 5.92 Å². The number of pyridine rings is 1. The molecule has 2 aliphatic heterocycles. The summed E-state index contributed by atoms with van der Waals surface area (Å²) in [6.45, 7) is 8.45. The molecule has 2 N–H and O–H groups in total. The summed E-state index contributed by atoms with van der Waals surface area (Å²) in [5.41, 5.74) is 10.0. The van der Waals surface area contributed by atoms with Crippen LogP contribution in [-0.4, -0.2) is 61.4 Å². The predicted molar refractivity (Wildman–Crippen MR) is 171 cm³/mol. The van der Waals surface area contributed by atoms with E-state index in [1.165, 1.54) is 4.68 Å². The number of allylic oxidation sites excluding steroid dienone is 1. The summed E-state index contributed by atoms with van der Waals surface area (Å²) in [5.74, 6) is 3.20. The first kappa shape index (κ1) is 31.2. The minimum absolute atomic E-state index is 0.205. The molecule has 240 valence electrons. The maximum absolute atomic E-state index is 12.9. The summed E-state index contributed by atoms with van der Waals surface area (Å²) >= 11 is 0. The fourth-order valence-electron chi connectivity index (χ4n) is 6.03. The number of ether oxygens (including phenoxy) is 2. The van der Waals surface area contributed by atoms with Crippen molar-refractivity contribution in [2.45, 2.75) is 84.2 Å². The summed E-state index contributed by atoms with van der Waals surface area (Å²) in [4.78, 5) is 12.3. The molecule has 4 aromatic rings. The number of hydrogen-bond donors (Lipinski definition) is 1. The number of piperidine rings is 1. The van der Waals surface area contributed by atoms with Crippen molar-refractivity contribution in [3.8, 4) is 5.88 Å². The highest BCUT2D eigenvalue weighted by Crippen LogP contribution is 2.30. The molecule has 5 heterocycles. The van der Waals surface area contributed by atoms with Crippen LogP contribution >= 0.6 is 0 Å². The molecular weight excluding hydrogens is 576 g/mol. The van der Waals surface area contributed by atoms with Crippen molar-refractivity contribution in [3.05, 3.63) is 71.4 Å². The summed E-state index contributed by atoms with van der Waals surface area (Å²) in [7, 11) is 0. The zero-order valence-corrected chi connectivity index (χ0v) is 26.1. The Morgan fingerprint density at radius 2 is 1.93 bits per heavy atom. The molecule has 1 atom stereocenters. The van der Waals surface area contributed by atoms with Crippen LogP contribution in [0.2, 0.25) is 0 Å². The van der Waals surface area contributed by atoms with Crippen molar-refractivity contribution in [2.75, 3.05) is 25.4 Å². The second kappa shape index (κ2) is 14.1. The van der Waals surface area contributed by atoms with Gasteiger partial charge in [-0.1, -0.05) is 38.1 Å². The quantitative estimate of drug-likeness (QED) is 0.188. The standard InChI is InChI=1S/C34H43F2N7O2/c1-23(2)5-3-7-29-34(37)42(19-27-13-16-44-27)32(39-29)21-41-14-11-25(12-15-41)28-6-4-8-33(40-28)45-22-24-9-10-26-18-38-43(20-31(35)36)30(26)17-24/h3-4,6-10,17-18,23,25,27,31H,5,11-16,19-22,37H2,1-2H3/b7-3-. The van der Waals surface area contributed by atoms with Gasteiger partial charge in [-0.2, -0.15) is 5.10 Å². The molecule has 11 heteroatoms. The first-order valence-electron chi connectivity index (χ1n) is 16.0. The van der Waals surface area contributed by atoms with Crippen LogP contribution in [0.5, 0.6) is 5.88 Å². The van der Waals surface area contributed by atoms with Crippen LogP contribution in [0.3, 0.4) is 0 Å². The summed E-state index contributed by atoms with van der Waals surface area (Å²) in [5, 5.41) is 4.91. The molecule has 0 amide bonds. The third-order valence-corrected chi connectivity index (χ3v) is 8.70. The van der Waals surface area contributed by atoms with E-state index in [1.54, 1.807) is 6.20 Å². The Kier molecular flexibility index (Phi) is 9.75. The number of benzene rings is 1. The van der Waals surface area contributed by atoms with Crippen LogP contribution in [0.1, 0.15) is 68.2 Å². The number of anilines is 1. The minimum atomic E-state index is -2.46. The number of rotatable bonds is 13. The Morgan fingerprint density at radius 3 is 2.67 bits per heavy atom. The highest BCUT2D eigenvalue weighted by molar-refractivity contribution is 5.79. The lowest BCUT2D eigenvalue weighted by Gasteiger charge is -2.32. The van der Waals surface area contributed by atoms with Gasteiger partial charge in [0.05, 0.1) is 30.9 Å². The smallest absolute Gasteiger partial charge is 0.257 e. The third kappa shape index (κ3) is 7.70. The molecule has 45 heavy (non-hydrogen) atoms. The van der Waals surface area contributed by atoms with Gasteiger partial charge in [-0.25, -0.2) is 18.7 Å². The lowest BCUT2D eigenvalue weighted by atomic mass is 9.93. The largest absolute Gasteiger partial charge is 0.473 e. The third-order valence-electron chi connectivity index (χ3n) is 8.70. The number of nitrogens with zero attached hydrogens (tertiary/aromatic N) is 6. The van der Waals surface area contributed by atoms with E-state index in [2.05, 4.69) is 46.6 Å². The summed E-state index contributed by atoms with van der Waals surface area (Å²) in [6, 6.07) is 11.6. The number of nitrogens with two attached hydrogens (primary N) is 1. The summed E-state index contributed by atoms with van der Waals surface area (Å²) < 4.78 is 41.1. The zero-order chi connectivity index (χ0) is 31.3. The number of imidazole rings is 1. The fourth-order valence-corrected chi connectivity index (χ4v) is 6.03. The number of hydrogen-bond acceptors (Lipinski definition) is 7. The number of likely N-dealkylation sites (tertiary alicyclic amines) is 1. The van der Waals surface area contributed by atoms with Gasteiger partial charge in [-0.15, -0.1) is 0 Å². The Morgan fingerprint density at radius 1 is 1.11 bits per heavy atom. The van der Waals surface area contributed by atoms with Crippen molar-refractivity contribution in [2.24, 2.45) is 5.92 Å². The van der Waals surface area contributed by atoms with Gasteiger partial charge in [0.1, 0.15) is 30.5 Å². The number of halogens is 2. The van der Waals surface area contributed by atoms with Crippen LogP contribution in [0.15, 0.2) is 48.7 Å². The van der Waals surface area contributed by atoms with Gasteiger partial charge in [0.15, 0.2) is 0 Å². The molecule has 2 saturated heterocycles. The molecular formula is C34H43F2N7O2. The maximum atomic E-state index is 12.9. The first-order valence-corrected chi connectivity index (χ1v) is 16.0. The number of alkyl halides is 2. The molecule has 3 aromatic heterocycles. The lowest BCUT2D eigenvalue weighted by molar-refractivity contribution is -0.0595. The van der Waals surface area contributed by atoms with E-state index < -0.39 is 13.0 Å². The molecule has 0 saturated carbocycles. The Balaban J connectivity index is 1.06. The molecule has 1 aromatic carbocycles. The van der Waals surface area contributed by atoms with Gasteiger partial charge in [-0.3, -0.25) is 9.58 Å². The average Bonchev–Trinajstić information content (AvgIpc) is 3.53. The molecule has 0 bridgehead atoms. The minimum Gasteiger partial charge on any atom is -0.473 e. The second-order valence-corrected chi connectivity index (χ2v) is 12.6. The number of aromatic nitrogens is 5. The van der Waals surface area contributed by atoms with Crippen LogP contribution in [0.4, 0.5) is 14.6 Å². The van der Waals surface area contributed by atoms with Gasteiger partial charge < -0.3 is 19.8 Å². The van der Waals surface area contributed by atoms with Crippen molar-refractivity contribution in [1.29, 1.82) is 0 Å². The van der Waals surface area contributed by atoms with Crippen LogP contribution in [-0.2, 0) is 31.0 Å². The van der Waals surface area contributed by atoms with Crippen molar-refractivity contribution < 1.29 is 18.3 Å². The van der Waals surface area contributed by atoms with E-state index >= 15 is 0 Å². The fraction of sp³-hybridized carbons (Fsp3) is 0.500. The highest BCUT2D eigenvalue weighted by Gasteiger charge is 2.26. The number of fused-ring (bicyclic) bond motifs is 1. The zero-order valence-electron chi connectivity index (χ0n) is 26.1. The van der Waals surface area contributed by atoms with Gasteiger partial charge in [0.25, 0.3) is 6.43 Å². The molecule has 0 radical (unpaired) electrons. The first-order chi connectivity index (χ1) is 21.8. The van der Waals surface area contributed by atoms with E-state index in [0.29, 0.717) is 29.8 Å². The van der Waals surface area contributed by atoms with E-state index in [1.807, 2.05) is 30.3 Å². The normalized spacial score (nSPS) is 18.0. The molecule has 2 fully saturated rings. The molecule has 9 nitrogen and oxygen atoms in total. The number of nitrogen functional groups attached to an aromatic ring is 1. The predicted octanol–water partition coefficient (Wildman–Crippen LogP) is 6.28. The van der Waals surface area contributed by atoms with E-state index in [4.69, 9.17) is 25.2 Å². The average molecular weight is 620 g/mol. The van der Waals surface area contributed by atoms with Crippen molar-refractivity contribution >= 4 is 22.8 Å². The van der Waals surface area contributed by atoms with E-state index in [0.717, 1.165) is 92.4 Å². The molecule has 2 aliphatic rings. The molecule has 1 unspecified atom stereocenters. The van der Waals surface area contributed by atoms with Gasteiger partial charge in [-0.05, 0) is 68.5 Å². The van der Waals surface area contributed by atoms with E-state index in [-0.39, 0.29) is 6.10 Å². The summed E-state index contributed by atoms with van der Waals surface area (Å²) in [6.07, 6.45) is 7.60. The van der Waals surface area contributed by atoms with Crippen molar-refractivity contribution in [3.63, 3.8) is 0 Å². The SMILES string of the molecule is CC(C)C/C=C\c1nc(CN2CCC(c3cccc(OCc4ccc5cnn(CC(F)F)c5c4)n3)CC2)n(CC2CCO2)c1N. The Bertz CT molecular complexity index is 1600. The lowest BCUT2D eigenvalue weighted by Crippen LogP contribution is -2.35. The monoisotopic (exact) mass is 619 g/mol. The van der Waals surface area contributed by atoms with E-state index in [9.17, 15) is 8.78 Å². The van der Waals surface area contributed by atoms with Crippen LogP contribution < -0.4 is 10.5 Å². The van der Waals surface area contributed by atoms with Crippen molar-refractivity contribution in [1.82, 2.24) is 29.2 Å². The Labute approximate surface area is 263 Å². The molecule has 6 rings (SSSR count). The molecule has 0 spiro atoms. The van der Waals surface area contributed by atoms with Gasteiger partial charge >= 0.3 is 0 Å².